The zero-order valence-corrected chi connectivity index (χ0v) is 12.6. The summed E-state index contributed by atoms with van der Waals surface area (Å²) in [6.45, 7) is -0.451. The van der Waals surface area contributed by atoms with Crippen LogP contribution in [0, 0.1) is 0 Å². The van der Waals surface area contributed by atoms with Gasteiger partial charge in [-0.2, -0.15) is 9.97 Å². The van der Waals surface area contributed by atoms with Gasteiger partial charge < -0.3 is 31.1 Å². The lowest BCUT2D eigenvalue weighted by atomic mass is 10.2. The molecule has 0 aromatic carbocycles. The van der Waals surface area contributed by atoms with Crippen LogP contribution >= 0.6 is 7.82 Å². The standard InChI is InChI=1S/C10H15N6O6P/c11-8-7-9(15-10(12)14-8)16(3-13-7)6-1-4(17)5(22-6)2-21-23(18,19)20/h3-6,17H,1-2H2,(H2,18,19,20)(H4,11,12,14,15)/t4-,5+,6+/m0/s1. The molecule has 0 radical (unpaired) electrons. The zero-order chi connectivity index (χ0) is 16.8. The van der Waals surface area contributed by atoms with E-state index in [9.17, 15) is 9.67 Å². The first kappa shape index (κ1) is 16.1. The molecule has 0 aliphatic carbocycles. The summed E-state index contributed by atoms with van der Waals surface area (Å²) in [4.78, 5) is 29.3. The molecule has 3 atom stereocenters. The fourth-order valence-electron chi connectivity index (χ4n) is 2.37. The molecule has 23 heavy (non-hydrogen) atoms. The molecule has 0 saturated carbocycles. The van der Waals surface area contributed by atoms with Crippen LogP contribution in [0.4, 0.5) is 11.8 Å². The van der Waals surface area contributed by atoms with Crippen LogP contribution in [0.1, 0.15) is 12.6 Å². The molecule has 2 aromatic heterocycles. The number of nitrogen functional groups attached to an aromatic ring is 2. The van der Waals surface area contributed by atoms with Crippen molar-refractivity contribution in [1.29, 1.82) is 0 Å². The lowest BCUT2D eigenvalue weighted by Gasteiger charge is -2.16. The predicted molar refractivity (Wildman–Crippen MR) is 76.7 cm³/mol. The summed E-state index contributed by atoms with van der Waals surface area (Å²) in [6, 6.07) is 0. The lowest BCUT2D eigenvalue weighted by Crippen LogP contribution is -2.25. The fourth-order valence-corrected chi connectivity index (χ4v) is 2.71. The van der Waals surface area contributed by atoms with Crippen LogP contribution < -0.4 is 11.5 Å². The van der Waals surface area contributed by atoms with Gasteiger partial charge in [0.1, 0.15) is 17.8 Å². The van der Waals surface area contributed by atoms with Crippen LogP contribution in [0.3, 0.4) is 0 Å². The van der Waals surface area contributed by atoms with Gasteiger partial charge in [-0.25, -0.2) is 9.55 Å². The van der Waals surface area contributed by atoms with Crippen molar-refractivity contribution in [3.63, 3.8) is 0 Å². The van der Waals surface area contributed by atoms with Gasteiger partial charge in [-0.05, 0) is 0 Å². The first-order valence-corrected chi connectivity index (χ1v) is 8.07. The van der Waals surface area contributed by atoms with Crippen LogP contribution in [0.25, 0.3) is 11.2 Å². The van der Waals surface area contributed by atoms with Gasteiger partial charge in [0.05, 0.1) is 19.0 Å². The van der Waals surface area contributed by atoms with Gasteiger partial charge in [-0.1, -0.05) is 0 Å². The molecular weight excluding hydrogens is 331 g/mol. The average Bonchev–Trinajstić information content (AvgIpc) is 2.99. The molecule has 0 amide bonds. The Kier molecular flexibility index (Phi) is 3.96. The van der Waals surface area contributed by atoms with Crippen molar-refractivity contribution in [3.05, 3.63) is 6.33 Å². The molecule has 1 fully saturated rings. The van der Waals surface area contributed by atoms with Crippen LogP contribution in [0.5, 0.6) is 0 Å². The number of fused-ring (bicyclic) bond motifs is 1. The Bertz CT molecular complexity index is 777. The third-order valence-electron chi connectivity index (χ3n) is 3.39. The molecule has 0 unspecified atom stereocenters. The van der Waals surface area contributed by atoms with Gasteiger partial charge in [0.15, 0.2) is 11.5 Å². The molecule has 3 rings (SSSR count). The summed E-state index contributed by atoms with van der Waals surface area (Å²) in [7, 11) is -4.64. The van der Waals surface area contributed by atoms with Crippen molar-refractivity contribution >= 4 is 30.8 Å². The summed E-state index contributed by atoms with van der Waals surface area (Å²) in [5, 5.41) is 9.96. The van der Waals surface area contributed by atoms with E-state index in [1.165, 1.54) is 10.9 Å². The largest absolute Gasteiger partial charge is 0.469 e. The van der Waals surface area contributed by atoms with E-state index in [4.69, 9.17) is 26.0 Å². The highest BCUT2D eigenvalue weighted by atomic mass is 31.2. The van der Waals surface area contributed by atoms with Crippen molar-refractivity contribution in [3.8, 4) is 0 Å². The molecule has 1 aliphatic rings. The summed E-state index contributed by atoms with van der Waals surface area (Å²) >= 11 is 0. The van der Waals surface area contributed by atoms with E-state index in [1.54, 1.807) is 0 Å². The number of rotatable bonds is 4. The molecule has 13 heteroatoms. The summed E-state index contributed by atoms with van der Waals surface area (Å²) < 4.78 is 22.2. The molecule has 7 N–H and O–H groups in total. The number of phosphoric acid groups is 1. The maximum absolute atomic E-state index is 10.7. The van der Waals surface area contributed by atoms with E-state index in [0.717, 1.165) is 0 Å². The average molecular weight is 346 g/mol. The molecule has 0 spiro atoms. The third-order valence-corrected chi connectivity index (χ3v) is 3.87. The maximum Gasteiger partial charge on any atom is 0.469 e. The van der Waals surface area contributed by atoms with Gasteiger partial charge in [-0.15, -0.1) is 0 Å². The molecule has 12 nitrogen and oxygen atoms in total. The number of imidazole rings is 1. The molecular formula is C10H15N6O6P. The molecule has 2 aromatic rings. The highest BCUT2D eigenvalue weighted by molar-refractivity contribution is 7.46. The number of ether oxygens (including phenoxy) is 1. The SMILES string of the molecule is Nc1nc(N)c2ncn([C@H]3C[C@H](O)[C@@H](COP(=O)(O)O)O3)c2n1. The zero-order valence-electron chi connectivity index (χ0n) is 11.7. The van der Waals surface area contributed by atoms with Gasteiger partial charge >= 0.3 is 7.82 Å². The number of nitrogens with two attached hydrogens (primary N) is 2. The predicted octanol–water partition coefficient (Wildman–Crippen LogP) is -1.25. The Morgan fingerprint density at radius 1 is 1.43 bits per heavy atom. The second-order valence-electron chi connectivity index (χ2n) is 5.01. The van der Waals surface area contributed by atoms with E-state index in [0.29, 0.717) is 11.2 Å². The molecule has 0 bridgehead atoms. The number of aliphatic hydroxyl groups is 1. The van der Waals surface area contributed by atoms with Crippen molar-refractivity contribution < 1.29 is 28.7 Å². The van der Waals surface area contributed by atoms with Crippen LogP contribution in [-0.4, -0.2) is 53.2 Å². The summed E-state index contributed by atoms with van der Waals surface area (Å²) in [5.74, 6) is 0.0860. The summed E-state index contributed by atoms with van der Waals surface area (Å²) in [6.07, 6.45) is -0.959. The Balaban J connectivity index is 1.82. The minimum absolute atomic E-state index is 0.0309. The third kappa shape index (κ3) is 3.27. The van der Waals surface area contributed by atoms with E-state index < -0.39 is 32.9 Å². The summed E-state index contributed by atoms with van der Waals surface area (Å²) in [5.41, 5.74) is 12.0. The first-order valence-electron chi connectivity index (χ1n) is 6.54. The second kappa shape index (κ2) is 5.67. The number of aliphatic hydroxyl groups excluding tert-OH is 1. The molecule has 1 aliphatic heterocycles. The minimum atomic E-state index is -4.64. The minimum Gasteiger partial charge on any atom is -0.390 e. The van der Waals surface area contributed by atoms with Crippen molar-refractivity contribution in [1.82, 2.24) is 19.5 Å². The van der Waals surface area contributed by atoms with E-state index in [2.05, 4.69) is 19.5 Å². The molecule has 126 valence electrons. The van der Waals surface area contributed by atoms with E-state index in [-0.39, 0.29) is 18.2 Å². The number of hydrogen-bond acceptors (Lipinski definition) is 9. The smallest absolute Gasteiger partial charge is 0.390 e. The van der Waals surface area contributed by atoms with E-state index >= 15 is 0 Å². The van der Waals surface area contributed by atoms with Gasteiger partial charge in [0.25, 0.3) is 0 Å². The number of phosphoric ester groups is 1. The number of hydrogen-bond donors (Lipinski definition) is 5. The number of aromatic nitrogens is 4. The number of anilines is 2. The fraction of sp³-hybridized carbons (Fsp3) is 0.500. The normalized spacial score (nSPS) is 25.3. The van der Waals surface area contributed by atoms with Gasteiger partial charge in [-0.3, -0.25) is 9.09 Å². The number of nitrogens with zero attached hydrogens (tertiary/aromatic N) is 4. The van der Waals surface area contributed by atoms with Gasteiger partial charge in [0.2, 0.25) is 5.95 Å². The van der Waals surface area contributed by atoms with Crippen molar-refractivity contribution in [2.24, 2.45) is 0 Å². The maximum atomic E-state index is 10.7. The van der Waals surface area contributed by atoms with Gasteiger partial charge in [0, 0.05) is 6.42 Å². The van der Waals surface area contributed by atoms with Crippen LogP contribution in [0.2, 0.25) is 0 Å². The van der Waals surface area contributed by atoms with E-state index in [1.807, 2.05) is 0 Å². The second-order valence-corrected chi connectivity index (χ2v) is 6.25. The Hall–Kier alpha value is -1.82. The highest BCUT2D eigenvalue weighted by Gasteiger charge is 2.37. The van der Waals surface area contributed by atoms with Crippen molar-refractivity contribution in [2.45, 2.75) is 24.9 Å². The van der Waals surface area contributed by atoms with Crippen LogP contribution in [-0.2, 0) is 13.8 Å². The lowest BCUT2D eigenvalue weighted by molar-refractivity contribution is -0.0424. The monoisotopic (exact) mass is 346 g/mol. The molecule has 3 heterocycles. The Morgan fingerprint density at radius 3 is 2.87 bits per heavy atom. The highest BCUT2D eigenvalue weighted by Crippen LogP contribution is 2.38. The molecule has 1 saturated heterocycles. The quantitative estimate of drug-likeness (QED) is 0.415. The first-order chi connectivity index (χ1) is 10.7. The Labute approximate surface area is 129 Å². The Morgan fingerprint density at radius 2 is 2.17 bits per heavy atom. The van der Waals surface area contributed by atoms with Crippen LogP contribution in [0.15, 0.2) is 6.33 Å². The topological polar surface area (TPSA) is 192 Å². The van der Waals surface area contributed by atoms with Crippen molar-refractivity contribution in [2.75, 3.05) is 18.1 Å².